The van der Waals surface area contributed by atoms with E-state index in [1.165, 1.54) is 0 Å². The molecule has 0 aromatic carbocycles. The molecule has 0 bridgehead atoms. The number of hydrogen-bond donors (Lipinski definition) is 0. The summed E-state index contributed by atoms with van der Waals surface area (Å²) in [4.78, 5) is 0. The zero-order chi connectivity index (χ0) is 0. The molecule has 0 aromatic heterocycles. The second-order valence-electron chi connectivity index (χ2n) is 0. The molecule has 0 amide bonds. The van der Waals surface area contributed by atoms with Gasteiger partial charge in [0.2, 0.25) is 0 Å². The van der Waals surface area contributed by atoms with Gasteiger partial charge < -0.3 is 32.9 Å². The van der Waals surface area contributed by atoms with Gasteiger partial charge in [-0.25, -0.2) is 0 Å². The van der Waals surface area contributed by atoms with Gasteiger partial charge in [0.05, 0.1) is 0 Å². The van der Waals surface area contributed by atoms with E-state index in [0.29, 0.717) is 0 Å². The summed E-state index contributed by atoms with van der Waals surface area (Å²) in [5.41, 5.74) is 0. The van der Waals surface area contributed by atoms with Gasteiger partial charge in [-0.1, -0.05) is 0 Å². The first-order valence-corrected chi connectivity index (χ1v) is 0. The summed E-state index contributed by atoms with van der Waals surface area (Å²) in [6, 6.07) is 0. The van der Waals surface area contributed by atoms with Crippen LogP contribution in [0, 0.1) is 35.6 Å². The SMILES string of the molecule is O.O.[La+3].[O-2].[O-2].[O-2].[O-2].[V]. The quantitative estimate of drug-likeness (QED) is 0.473. The molecule has 0 fully saturated rings. The maximum atomic E-state index is 0. The molecule has 53 valence electrons. The van der Waals surface area contributed by atoms with Crippen LogP contribution in [-0.2, 0) is 40.5 Å². The molecule has 0 spiro atoms. The van der Waals surface area contributed by atoms with Crippen molar-refractivity contribution in [1.82, 2.24) is 0 Å². The summed E-state index contributed by atoms with van der Waals surface area (Å²) >= 11 is 0. The van der Waals surface area contributed by atoms with E-state index in [1.54, 1.807) is 0 Å². The Morgan fingerprint density at radius 1 is 0.500 bits per heavy atom. The first kappa shape index (κ1) is 294. The summed E-state index contributed by atoms with van der Waals surface area (Å²) in [5, 5.41) is 0. The van der Waals surface area contributed by atoms with Crippen molar-refractivity contribution in [3.8, 4) is 0 Å². The Labute approximate surface area is 86.4 Å². The molecule has 0 saturated heterocycles. The summed E-state index contributed by atoms with van der Waals surface area (Å²) in [5.74, 6) is 0. The third-order valence-electron chi connectivity index (χ3n) is 0. The third kappa shape index (κ3) is 136. The van der Waals surface area contributed by atoms with Crippen molar-refractivity contribution in [2.45, 2.75) is 0 Å². The summed E-state index contributed by atoms with van der Waals surface area (Å²) in [7, 11) is 0. The van der Waals surface area contributed by atoms with Gasteiger partial charge in [-0.15, -0.1) is 0 Å². The van der Waals surface area contributed by atoms with Crippen molar-refractivity contribution < 1.29 is 87.0 Å². The Morgan fingerprint density at radius 3 is 0.500 bits per heavy atom. The van der Waals surface area contributed by atoms with Gasteiger partial charge in [-0.3, -0.25) is 0 Å². The minimum absolute atomic E-state index is 0. The van der Waals surface area contributed by atoms with Crippen molar-refractivity contribution in [2.75, 3.05) is 0 Å². The maximum Gasteiger partial charge on any atom is 3.00 e. The first-order valence-electron chi connectivity index (χ1n) is 0. The van der Waals surface area contributed by atoms with Crippen LogP contribution in [0.5, 0.6) is 0 Å². The molecule has 8 heavy (non-hydrogen) atoms. The van der Waals surface area contributed by atoms with Gasteiger partial charge in [0.25, 0.3) is 0 Å². The van der Waals surface area contributed by atoms with E-state index in [0.717, 1.165) is 0 Å². The van der Waals surface area contributed by atoms with Gasteiger partial charge in [-0.05, 0) is 0 Å². The molecular weight excluding hydrogens is 286 g/mol. The van der Waals surface area contributed by atoms with Crippen molar-refractivity contribution >= 4 is 0 Å². The molecule has 0 unspecified atom stereocenters. The third-order valence-corrected chi connectivity index (χ3v) is 0. The monoisotopic (exact) mass is 290 g/mol. The number of rotatable bonds is 0. The molecule has 0 aliphatic rings. The van der Waals surface area contributed by atoms with Gasteiger partial charge in [0.15, 0.2) is 0 Å². The maximum absolute atomic E-state index is 0. The second-order valence-corrected chi connectivity index (χ2v) is 0. The second kappa shape index (κ2) is 205. The Hall–Kier alpha value is 1.54. The van der Waals surface area contributed by atoms with E-state index < -0.39 is 0 Å². The van der Waals surface area contributed by atoms with Crippen LogP contribution in [-0.4, -0.2) is 11.0 Å². The predicted molar refractivity (Wildman–Crippen MR) is 9.97 cm³/mol. The molecule has 0 aromatic rings. The van der Waals surface area contributed by atoms with Crippen LogP contribution < -0.4 is 0 Å². The van der Waals surface area contributed by atoms with Crippen molar-refractivity contribution in [3.63, 3.8) is 0 Å². The van der Waals surface area contributed by atoms with Gasteiger partial charge in [0.1, 0.15) is 0 Å². The Bertz CT molecular complexity index is 8.49. The van der Waals surface area contributed by atoms with Gasteiger partial charge >= 0.3 is 35.6 Å². The van der Waals surface area contributed by atoms with Crippen molar-refractivity contribution in [3.05, 3.63) is 0 Å². The Kier molecular flexibility index (Phi) is 7520. The average molecular weight is 290 g/mol. The summed E-state index contributed by atoms with van der Waals surface area (Å²) < 4.78 is 0. The van der Waals surface area contributed by atoms with Crippen LogP contribution in [0.4, 0.5) is 0 Å². The van der Waals surface area contributed by atoms with Crippen LogP contribution in [0.25, 0.3) is 0 Å². The fourth-order valence-electron chi connectivity index (χ4n) is 0. The van der Waals surface area contributed by atoms with Crippen LogP contribution in [0.2, 0.25) is 0 Å². The molecule has 0 saturated carbocycles. The minimum Gasteiger partial charge on any atom is -2.00 e. The molecule has 6 nitrogen and oxygen atoms in total. The van der Waals surface area contributed by atoms with Crippen LogP contribution in [0.3, 0.4) is 0 Å². The molecule has 0 heterocycles. The Morgan fingerprint density at radius 2 is 0.500 bits per heavy atom. The van der Waals surface area contributed by atoms with E-state index >= 15 is 0 Å². The fourth-order valence-corrected chi connectivity index (χ4v) is 0. The molecular formula is H4LaO6V-5. The molecule has 8 heteroatoms. The molecule has 4 N–H and O–H groups in total. The van der Waals surface area contributed by atoms with Crippen molar-refractivity contribution in [1.29, 1.82) is 0 Å². The fraction of sp³-hybridized carbons (Fsp3) is 0. The number of hydrogen-bond acceptors (Lipinski definition) is 0. The van der Waals surface area contributed by atoms with E-state index in [1.807, 2.05) is 0 Å². The zero-order valence-electron chi connectivity index (χ0n) is 3.66. The largest absolute Gasteiger partial charge is 3.00 e. The van der Waals surface area contributed by atoms with E-state index in [2.05, 4.69) is 0 Å². The normalized spacial score (nSPS) is 0. The Balaban J connectivity index is 0. The minimum atomic E-state index is 0. The summed E-state index contributed by atoms with van der Waals surface area (Å²) in [6.07, 6.45) is 0. The topological polar surface area (TPSA) is 177 Å². The zero-order valence-corrected chi connectivity index (χ0v) is 8.68. The molecule has 0 atom stereocenters. The molecule has 1 radical (unpaired) electrons. The molecule has 0 rings (SSSR count). The van der Waals surface area contributed by atoms with E-state index in [4.69, 9.17) is 0 Å². The first-order chi connectivity index (χ1) is 0. The average Bonchev–Trinajstić information content (AvgIpc) is 0. The molecule has 0 aliphatic carbocycles. The van der Waals surface area contributed by atoms with Crippen LogP contribution in [0.15, 0.2) is 0 Å². The predicted octanol–water partition coefficient (Wildman–Crippen LogP) is -2.13. The van der Waals surface area contributed by atoms with E-state index in [-0.39, 0.29) is 87.0 Å². The smallest absolute Gasteiger partial charge is 2.00 e. The van der Waals surface area contributed by atoms with Gasteiger partial charge in [0, 0.05) is 18.6 Å². The van der Waals surface area contributed by atoms with Gasteiger partial charge in [-0.2, -0.15) is 0 Å². The molecule has 0 aliphatic heterocycles. The standard InChI is InChI=1S/La.2H2O.4O.V/h;2*1H2;;;;;/q+3;;;4*-2;. The van der Waals surface area contributed by atoms with Crippen LogP contribution >= 0.6 is 0 Å². The van der Waals surface area contributed by atoms with Crippen LogP contribution in [0.1, 0.15) is 0 Å². The van der Waals surface area contributed by atoms with Crippen molar-refractivity contribution in [2.24, 2.45) is 0 Å². The summed E-state index contributed by atoms with van der Waals surface area (Å²) in [6.45, 7) is 0. The van der Waals surface area contributed by atoms with E-state index in [9.17, 15) is 0 Å².